The lowest BCUT2D eigenvalue weighted by molar-refractivity contribution is 0.636. The molecule has 0 saturated carbocycles. The summed E-state index contributed by atoms with van der Waals surface area (Å²) < 4.78 is 14.1. The van der Waals surface area contributed by atoms with Crippen molar-refractivity contribution in [3.8, 4) is 11.4 Å². The molecule has 0 fully saturated rings. The van der Waals surface area contributed by atoms with Crippen LogP contribution in [0, 0.1) is 26.6 Å². The third kappa shape index (κ3) is 2.49. The first-order chi connectivity index (χ1) is 9.95. The minimum atomic E-state index is -0.384. The van der Waals surface area contributed by atoms with E-state index in [0.29, 0.717) is 11.2 Å². The Morgan fingerprint density at radius 1 is 0.952 bits per heavy atom. The van der Waals surface area contributed by atoms with Crippen LogP contribution in [0.3, 0.4) is 0 Å². The van der Waals surface area contributed by atoms with Gasteiger partial charge in [0.15, 0.2) is 5.82 Å². The van der Waals surface area contributed by atoms with Crippen molar-refractivity contribution in [1.82, 2.24) is 9.97 Å². The van der Waals surface area contributed by atoms with Gasteiger partial charge in [-0.1, -0.05) is 34.9 Å². The number of hydrogen-bond donors (Lipinski definition) is 0. The molecule has 0 unspecified atom stereocenters. The van der Waals surface area contributed by atoms with Gasteiger partial charge in [-0.25, -0.2) is 14.4 Å². The van der Waals surface area contributed by atoms with Gasteiger partial charge in [0.1, 0.15) is 16.5 Å². The van der Waals surface area contributed by atoms with Crippen LogP contribution >= 0.6 is 11.6 Å². The van der Waals surface area contributed by atoms with Crippen molar-refractivity contribution in [1.29, 1.82) is 0 Å². The highest BCUT2D eigenvalue weighted by molar-refractivity contribution is 6.34. The van der Waals surface area contributed by atoms with Gasteiger partial charge in [-0.05, 0) is 44.5 Å². The summed E-state index contributed by atoms with van der Waals surface area (Å²) >= 11 is 6.25. The zero-order valence-electron chi connectivity index (χ0n) is 12.0. The van der Waals surface area contributed by atoms with Crippen LogP contribution in [0.5, 0.6) is 0 Å². The lowest BCUT2D eigenvalue weighted by Crippen LogP contribution is -1.96. The zero-order chi connectivity index (χ0) is 15.1. The molecular formula is C17H14ClFN2. The maximum atomic E-state index is 14.1. The zero-order valence-corrected chi connectivity index (χ0v) is 12.8. The molecule has 0 N–H and O–H groups in total. The van der Waals surface area contributed by atoms with Crippen LogP contribution in [0.25, 0.3) is 22.3 Å². The Morgan fingerprint density at radius 3 is 2.29 bits per heavy atom. The SMILES string of the molecule is Cc1cc(C)cc(-c2nc(Cl)c3c(C)ccc(F)c3n2)c1. The Bertz CT molecular complexity index is 839. The molecule has 0 saturated heterocycles. The highest BCUT2D eigenvalue weighted by atomic mass is 35.5. The molecule has 0 radical (unpaired) electrons. The van der Waals surface area contributed by atoms with Crippen LogP contribution in [0.1, 0.15) is 16.7 Å². The largest absolute Gasteiger partial charge is 0.225 e. The predicted molar refractivity (Wildman–Crippen MR) is 84.2 cm³/mol. The second kappa shape index (κ2) is 5.08. The molecule has 0 amide bonds. The second-order valence-corrected chi connectivity index (χ2v) is 5.66. The lowest BCUT2D eigenvalue weighted by Gasteiger charge is -2.09. The number of benzene rings is 2. The Hall–Kier alpha value is -2.00. The molecule has 1 heterocycles. The van der Waals surface area contributed by atoms with Crippen molar-refractivity contribution in [2.24, 2.45) is 0 Å². The second-order valence-electron chi connectivity index (χ2n) is 5.30. The number of aromatic nitrogens is 2. The standard InChI is InChI=1S/C17H14ClFN2/c1-9-6-10(2)8-12(7-9)17-20-15-13(19)5-4-11(3)14(15)16(18)21-17/h4-8H,1-3H3. The Kier molecular flexibility index (Phi) is 3.38. The van der Waals surface area contributed by atoms with Gasteiger partial charge in [0.05, 0.1) is 0 Å². The van der Waals surface area contributed by atoms with E-state index in [2.05, 4.69) is 16.0 Å². The molecule has 4 heteroatoms. The van der Waals surface area contributed by atoms with E-state index in [1.54, 1.807) is 6.07 Å². The molecule has 0 aliphatic carbocycles. The van der Waals surface area contributed by atoms with Gasteiger partial charge >= 0.3 is 0 Å². The van der Waals surface area contributed by atoms with Gasteiger partial charge in [-0.2, -0.15) is 0 Å². The van der Waals surface area contributed by atoms with Crippen molar-refractivity contribution in [3.05, 3.63) is 58.0 Å². The molecule has 2 nitrogen and oxygen atoms in total. The van der Waals surface area contributed by atoms with E-state index in [1.165, 1.54) is 6.07 Å². The van der Waals surface area contributed by atoms with Gasteiger partial charge in [0.2, 0.25) is 0 Å². The quantitative estimate of drug-likeness (QED) is 0.590. The summed E-state index contributed by atoms with van der Waals surface area (Å²) in [7, 11) is 0. The molecular weight excluding hydrogens is 287 g/mol. The summed E-state index contributed by atoms with van der Waals surface area (Å²) in [6, 6.07) is 9.10. The molecule has 1 aromatic heterocycles. The minimum absolute atomic E-state index is 0.268. The van der Waals surface area contributed by atoms with E-state index in [0.717, 1.165) is 22.3 Å². The fourth-order valence-electron chi connectivity index (χ4n) is 2.55. The molecule has 2 aromatic carbocycles. The van der Waals surface area contributed by atoms with Crippen molar-refractivity contribution >= 4 is 22.5 Å². The van der Waals surface area contributed by atoms with Crippen molar-refractivity contribution in [3.63, 3.8) is 0 Å². The Balaban J connectivity index is 2.32. The summed E-state index contributed by atoms with van der Waals surface area (Å²) in [5.74, 6) is 0.0642. The topological polar surface area (TPSA) is 25.8 Å². The maximum Gasteiger partial charge on any atom is 0.161 e. The highest BCUT2D eigenvalue weighted by Crippen LogP contribution is 2.29. The van der Waals surface area contributed by atoms with Crippen molar-refractivity contribution < 1.29 is 4.39 Å². The van der Waals surface area contributed by atoms with Crippen molar-refractivity contribution in [2.75, 3.05) is 0 Å². The van der Waals surface area contributed by atoms with Crippen molar-refractivity contribution in [2.45, 2.75) is 20.8 Å². The summed E-state index contributed by atoms with van der Waals surface area (Å²) in [4.78, 5) is 8.72. The normalized spacial score (nSPS) is 11.1. The molecule has 3 aromatic rings. The fourth-order valence-corrected chi connectivity index (χ4v) is 2.87. The first-order valence-corrected chi connectivity index (χ1v) is 7.04. The van der Waals surface area contributed by atoms with Crippen LogP contribution in [-0.2, 0) is 0 Å². The first kappa shape index (κ1) is 14.0. The monoisotopic (exact) mass is 300 g/mol. The Labute approximate surface area is 127 Å². The molecule has 0 aliphatic heterocycles. The van der Waals surface area contributed by atoms with E-state index >= 15 is 0 Å². The molecule has 0 spiro atoms. The smallest absolute Gasteiger partial charge is 0.161 e. The summed E-state index contributed by atoms with van der Waals surface area (Å²) in [5, 5.41) is 0.857. The van der Waals surface area contributed by atoms with Gasteiger partial charge in [-0.3, -0.25) is 0 Å². The molecule has 0 atom stereocenters. The number of halogens is 2. The van der Waals surface area contributed by atoms with Gasteiger partial charge < -0.3 is 0 Å². The van der Waals surface area contributed by atoms with Crippen LogP contribution in [0.15, 0.2) is 30.3 Å². The molecule has 0 bridgehead atoms. The summed E-state index contributed by atoms with van der Waals surface area (Å²) in [6.07, 6.45) is 0. The number of fused-ring (bicyclic) bond motifs is 1. The number of rotatable bonds is 1. The molecule has 3 rings (SSSR count). The van der Waals surface area contributed by atoms with Crippen LogP contribution in [0.2, 0.25) is 5.15 Å². The predicted octanol–water partition coefficient (Wildman–Crippen LogP) is 5.01. The summed E-state index contributed by atoms with van der Waals surface area (Å²) in [6.45, 7) is 5.88. The van der Waals surface area contributed by atoms with Crippen LogP contribution < -0.4 is 0 Å². The average Bonchev–Trinajstić information content (AvgIpc) is 2.41. The van der Waals surface area contributed by atoms with E-state index in [1.807, 2.05) is 32.9 Å². The van der Waals surface area contributed by atoms with Crippen LogP contribution in [0.4, 0.5) is 4.39 Å². The van der Waals surface area contributed by atoms with E-state index in [4.69, 9.17) is 11.6 Å². The lowest BCUT2D eigenvalue weighted by atomic mass is 10.1. The molecule has 106 valence electrons. The maximum absolute atomic E-state index is 14.1. The minimum Gasteiger partial charge on any atom is -0.225 e. The van der Waals surface area contributed by atoms with E-state index in [-0.39, 0.29) is 16.5 Å². The fraction of sp³-hybridized carbons (Fsp3) is 0.176. The average molecular weight is 301 g/mol. The number of hydrogen-bond acceptors (Lipinski definition) is 2. The van der Waals surface area contributed by atoms with Gasteiger partial charge in [-0.15, -0.1) is 0 Å². The third-order valence-electron chi connectivity index (χ3n) is 3.44. The molecule has 0 aliphatic rings. The number of nitrogens with zero attached hydrogens (tertiary/aromatic N) is 2. The van der Waals surface area contributed by atoms with Crippen LogP contribution in [-0.4, -0.2) is 9.97 Å². The Morgan fingerprint density at radius 2 is 1.62 bits per heavy atom. The first-order valence-electron chi connectivity index (χ1n) is 6.67. The van der Waals surface area contributed by atoms with E-state index in [9.17, 15) is 4.39 Å². The number of aryl methyl sites for hydroxylation is 3. The third-order valence-corrected chi connectivity index (χ3v) is 3.72. The summed E-state index contributed by atoms with van der Waals surface area (Å²) in [5.41, 5.74) is 4.19. The van der Waals surface area contributed by atoms with Gasteiger partial charge in [0, 0.05) is 10.9 Å². The van der Waals surface area contributed by atoms with E-state index < -0.39 is 0 Å². The highest BCUT2D eigenvalue weighted by Gasteiger charge is 2.13. The van der Waals surface area contributed by atoms with Gasteiger partial charge in [0.25, 0.3) is 0 Å². The molecule has 21 heavy (non-hydrogen) atoms.